The molecule has 112 valence electrons. The minimum Gasteiger partial charge on any atom is -0.307 e. The lowest BCUT2D eigenvalue weighted by molar-refractivity contribution is 0.466. The molecule has 1 heterocycles. The molecule has 0 fully saturated rings. The van der Waals surface area contributed by atoms with Gasteiger partial charge in [0.15, 0.2) is 5.82 Å². The van der Waals surface area contributed by atoms with Crippen LogP contribution in [0.3, 0.4) is 0 Å². The predicted octanol–water partition coefficient (Wildman–Crippen LogP) is 1.95. The maximum atomic E-state index is 12.6. The molecule has 21 heavy (non-hydrogen) atoms. The quantitative estimate of drug-likeness (QED) is 0.620. The van der Waals surface area contributed by atoms with E-state index in [1.165, 1.54) is 23.6 Å². The van der Waals surface area contributed by atoms with Crippen LogP contribution in [0.15, 0.2) is 52.0 Å². The first-order valence-electron chi connectivity index (χ1n) is 6.08. The summed E-state index contributed by atoms with van der Waals surface area (Å²) in [6, 6.07) is 10.5. The van der Waals surface area contributed by atoms with Crippen molar-refractivity contribution < 1.29 is 8.42 Å². The van der Waals surface area contributed by atoms with E-state index in [1.54, 1.807) is 6.07 Å². The van der Waals surface area contributed by atoms with Gasteiger partial charge in [0, 0.05) is 24.3 Å². The average Bonchev–Trinajstić information content (AvgIpc) is 2.49. The number of hydrazine groups is 1. The molecule has 0 saturated carbocycles. The lowest BCUT2D eigenvalue weighted by atomic mass is 10.2. The van der Waals surface area contributed by atoms with E-state index >= 15 is 0 Å². The number of nitrogens with one attached hydrogen (secondary N) is 1. The van der Waals surface area contributed by atoms with Gasteiger partial charge >= 0.3 is 0 Å². The van der Waals surface area contributed by atoms with E-state index in [9.17, 15) is 8.42 Å². The van der Waals surface area contributed by atoms with Crippen molar-refractivity contribution in [2.24, 2.45) is 5.84 Å². The second-order valence-electron chi connectivity index (χ2n) is 4.35. The van der Waals surface area contributed by atoms with Crippen molar-refractivity contribution in [3.05, 3.63) is 52.6 Å². The number of nitrogens with two attached hydrogens (primary N) is 1. The largest absolute Gasteiger partial charge is 0.307 e. The van der Waals surface area contributed by atoms with E-state index in [1.807, 2.05) is 24.3 Å². The number of aromatic nitrogens is 1. The Balaban J connectivity index is 2.33. The molecule has 0 aliphatic rings. The summed E-state index contributed by atoms with van der Waals surface area (Å²) < 4.78 is 27.3. The highest BCUT2D eigenvalue weighted by atomic mass is 79.9. The fourth-order valence-corrected chi connectivity index (χ4v) is 3.49. The first-order chi connectivity index (χ1) is 9.96. The van der Waals surface area contributed by atoms with Crippen LogP contribution in [-0.2, 0) is 16.6 Å². The summed E-state index contributed by atoms with van der Waals surface area (Å²) in [5.74, 6) is 5.44. The Bertz CT molecular complexity index is 736. The topological polar surface area (TPSA) is 88.3 Å². The van der Waals surface area contributed by atoms with E-state index in [-0.39, 0.29) is 17.3 Å². The smallest absolute Gasteiger partial charge is 0.246 e. The first-order valence-corrected chi connectivity index (χ1v) is 8.31. The molecule has 1 aromatic carbocycles. The molecular formula is C13H15BrN4O2S. The molecular weight excluding hydrogens is 356 g/mol. The van der Waals surface area contributed by atoms with Crippen LogP contribution in [0.5, 0.6) is 0 Å². The van der Waals surface area contributed by atoms with Crippen LogP contribution in [0, 0.1) is 0 Å². The van der Waals surface area contributed by atoms with Crippen molar-refractivity contribution in [3.63, 3.8) is 0 Å². The monoisotopic (exact) mass is 370 g/mol. The molecule has 0 aliphatic carbocycles. The number of hydrogen-bond donors (Lipinski definition) is 2. The number of nitrogen functional groups attached to an aromatic ring is 1. The highest BCUT2D eigenvalue weighted by molar-refractivity contribution is 9.10. The number of hydrogen-bond acceptors (Lipinski definition) is 5. The maximum absolute atomic E-state index is 12.6. The maximum Gasteiger partial charge on any atom is 0.246 e. The molecule has 1 aromatic heterocycles. The Morgan fingerprint density at radius 3 is 2.67 bits per heavy atom. The van der Waals surface area contributed by atoms with Crippen molar-refractivity contribution in [2.45, 2.75) is 11.4 Å². The highest BCUT2D eigenvalue weighted by Crippen LogP contribution is 2.24. The van der Waals surface area contributed by atoms with Crippen LogP contribution in [0.2, 0.25) is 0 Å². The van der Waals surface area contributed by atoms with Crippen molar-refractivity contribution in [1.29, 1.82) is 0 Å². The summed E-state index contributed by atoms with van der Waals surface area (Å²) in [6.07, 6.45) is 1.47. The lowest BCUT2D eigenvalue weighted by Crippen LogP contribution is -2.28. The summed E-state index contributed by atoms with van der Waals surface area (Å²) in [4.78, 5) is 3.96. The van der Waals surface area contributed by atoms with Crippen LogP contribution >= 0.6 is 15.9 Å². The van der Waals surface area contributed by atoms with Gasteiger partial charge in [-0.2, -0.15) is 4.31 Å². The standard InChI is InChI=1S/C13H15BrN4O2S/c1-18(9-10-5-2-3-6-11(10)14)21(19,20)12-7-4-8-16-13(12)17-15/h2-8H,9,15H2,1H3,(H,16,17). The van der Waals surface area contributed by atoms with E-state index in [0.29, 0.717) is 0 Å². The van der Waals surface area contributed by atoms with Crippen LogP contribution < -0.4 is 11.3 Å². The van der Waals surface area contributed by atoms with Gasteiger partial charge in [-0.3, -0.25) is 0 Å². The van der Waals surface area contributed by atoms with Gasteiger partial charge in [-0.1, -0.05) is 34.1 Å². The number of benzene rings is 1. The van der Waals surface area contributed by atoms with Gasteiger partial charge in [-0.05, 0) is 23.8 Å². The molecule has 0 aliphatic heterocycles. The zero-order valence-electron chi connectivity index (χ0n) is 11.3. The normalized spacial score (nSPS) is 11.6. The summed E-state index contributed by atoms with van der Waals surface area (Å²) in [5.41, 5.74) is 3.18. The third-order valence-corrected chi connectivity index (χ3v) is 5.56. The Morgan fingerprint density at radius 1 is 1.29 bits per heavy atom. The molecule has 0 radical (unpaired) electrons. The second-order valence-corrected chi connectivity index (χ2v) is 7.21. The SMILES string of the molecule is CN(Cc1ccccc1Br)S(=O)(=O)c1cccnc1NN. The van der Waals surface area contributed by atoms with Gasteiger partial charge in [0.1, 0.15) is 4.90 Å². The van der Waals surface area contributed by atoms with Gasteiger partial charge in [0.2, 0.25) is 10.0 Å². The number of nitrogens with zero attached hydrogens (tertiary/aromatic N) is 2. The number of sulfonamides is 1. The summed E-state index contributed by atoms with van der Waals surface area (Å²) >= 11 is 3.41. The summed E-state index contributed by atoms with van der Waals surface area (Å²) in [7, 11) is -2.17. The number of halogens is 1. The van der Waals surface area contributed by atoms with Crippen LogP contribution in [0.1, 0.15) is 5.56 Å². The third-order valence-electron chi connectivity index (χ3n) is 2.95. The van der Waals surface area contributed by atoms with E-state index in [4.69, 9.17) is 5.84 Å². The Morgan fingerprint density at radius 2 is 2.00 bits per heavy atom. The molecule has 0 atom stereocenters. The Hall–Kier alpha value is -1.48. The fraction of sp³-hybridized carbons (Fsp3) is 0.154. The van der Waals surface area contributed by atoms with Gasteiger partial charge in [0.05, 0.1) is 0 Å². The van der Waals surface area contributed by atoms with Crippen molar-refractivity contribution in [2.75, 3.05) is 12.5 Å². The Kier molecular flexibility index (Phi) is 4.94. The summed E-state index contributed by atoms with van der Waals surface area (Å²) in [5, 5.41) is 0. The van der Waals surface area contributed by atoms with Crippen LogP contribution in [0.25, 0.3) is 0 Å². The van der Waals surface area contributed by atoms with Gasteiger partial charge < -0.3 is 5.43 Å². The van der Waals surface area contributed by atoms with Crippen LogP contribution in [0.4, 0.5) is 5.82 Å². The number of anilines is 1. The third kappa shape index (κ3) is 3.41. The van der Waals surface area contributed by atoms with E-state index in [0.717, 1.165) is 10.0 Å². The predicted molar refractivity (Wildman–Crippen MR) is 84.8 cm³/mol. The number of rotatable bonds is 5. The van der Waals surface area contributed by atoms with Crippen molar-refractivity contribution >= 4 is 31.8 Å². The minimum atomic E-state index is -3.69. The Labute approximate surface area is 132 Å². The zero-order valence-corrected chi connectivity index (χ0v) is 13.7. The molecule has 8 heteroatoms. The van der Waals surface area contributed by atoms with Crippen molar-refractivity contribution in [3.8, 4) is 0 Å². The molecule has 6 nitrogen and oxygen atoms in total. The molecule has 0 bridgehead atoms. The second kappa shape index (κ2) is 6.52. The molecule has 0 spiro atoms. The van der Waals surface area contributed by atoms with E-state index < -0.39 is 10.0 Å². The fourth-order valence-electron chi connectivity index (χ4n) is 1.83. The van der Waals surface area contributed by atoms with Crippen LogP contribution in [-0.4, -0.2) is 24.8 Å². The molecule has 3 N–H and O–H groups in total. The average molecular weight is 371 g/mol. The van der Waals surface area contributed by atoms with Gasteiger partial charge in [0.25, 0.3) is 0 Å². The summed E-state index contributed by atoms with van der Waals surface area (Å²) in [6.45, 7) is 0.239. The molecule has 2 rings (SSSR count). The molecule has 0 saturated heterocycles. The van der Waals surface area contributed by atoms with Gasteiger partial charge in [-0.15, -0.1) is 0 Å². The van der Waals surface area contributed by atoms with E-state index in [2.05, 4.69) is 26.3 Å². The van der Waals surface area contributed by atoms with Crippen molar-refractivity contribution in [1.82, 2.24) is 9.29 Å². The first kappa shape index (κ1) is 15.9. The zero-order chi connectivity index (χ0) is 15.5. The minimum absolute atomic E-state index is 0.0436. The van der Waals surface area contributed by atoms with Gasteiger partial charge in [-0.25, -0.2) is 19.2 Å². The highest BCUT2D eigenvalue weighted by Gasteiger charge is 2.25. The molecule has 2 aromatic rings. The lowest BCUT2D eigenvalue weighted by Gasteiger charge is -2.19. The number of pyridine rings is 1. The molecule has 0 amide bonds. The molecule has 0 unspecified atom stereocenters.